The molecule has 1 aromatic carbocycles. The summed E-state index contributed by atoms with van der Waals surface area (Å²) in [5, 5.41) is 3.54. The number of ether oxygens (including phenoxy) is 1. The molecule has 0 bridgehead atoms. The van der Waals surface area contributed by atoms with Crippen molar-refractivity contribution in [3.05, 3.63) is 35.9 Å². The second-order valence-electron chi connectivity index (χ2n) is 6.93. The summed E-state index contributed by atoms with van der Waals surface area (Å²) >= 11 is 1.80. The lowest BCUT2D eigenvalue weighted by atomic mass is 10.00. The molecule has 2 saturated heterocycles. The number of hydrogen-bond acceptors (Lipinski definition) is 5. The van der Waals surface area contributed by atoms with Gasteiger partial charge in [-0.05, 0) is 56.4 Å². The number of thioether (sulfide) groups is 1. The number of nitrogens with zero attached hydrogens (tertiary/aromatic N) is 1. The second kappa shape index (κ2) is 9.42. The summed E-state index contributed by atoms with van der Waals surface area (Å²) in [7, 11) is 1.40. The Bertz CT molecular complexity index is 610. The zero-order valence-corrected chi connectivity index (χ0v) is 16.2. The Balaban J connectivity index is 1.57. The average Bonchev–Trinajstić information content (AvgIpc) is 2.84. The molecule has 6 heteroatoms. The first-order valence-corrected chi connectivity index (χ1v) is 10.5. The highest BCUT2D eigenvalue weighted by Crippen LogP contribution is 2.34. The van der Waals surface area contributed by atoms with E-state index in [0.29, 0.717) is 6.42 Å². The van der Waals surface area contributed by atoms with Crippen molar-refractivity contribution in [2.24, 2.45) is 0 Å². The second-order valence-corrected chi connectivity index (χ2v) is 8.21. The van der Waals surface area contributed by atoms with Crippen molar-refractivity contribution in [3.8, 4) is 0 Å². The Morgan fingerprint density at radius 1 is 1.27 bits per heavy atom. The standard InChI is InChI=1S/C20H28N2O3S/c1-25-20(24)17-10-5-11-18-22(17)19(23)16(12-14-26-18)21-13-6-9-15-7-3-2-4-8-15/h2-4,7-8,16-18,21H,5-6,9-14H2,1H3/t16-,17-,18-/m0/s1. The number of fused-ring (bicyclic) bond motifs is 1. The van der Waals surface area contributed by atoms with Crippen LogP contribution in [0.2, 0.25) is 0 Å². The molecule has 5 nitrogen and oxygen atoms in total. The van der Waals surface area contributed by atoms with Crippen molar-refractivity contribution in [3.63, 3.8) is 0 Å². The van der Waals surface area contributed by atoms with Crippen molar-refractivity contribution >= 4 is 23.6 Å². The lowest BCUT2D eigenvalue weighted by Crippen LogP contribution is -2.56. The van der Waals surface area contributed by atoms with E-state index in [4.69, 9.17) is 4.74 Å². The van der Waals surface area contributed by atoms with E-state index in [1.165, 1.54) is 12.7 Å². The van der Waals surface area contributed by atoms with Gasteiger partial charge in [0.25, 0.3) is 0 Å². The van der Waals surface area contributed by atoms with Crippen molar-refractivity contribution in [2.45, 2.75) is 56.0 Å². The Hall–Kier alpha value is -1.53. The molecule has 1 aromatic rings. The van der Waals surface area contributed by atoms with Gasteiger partial charge >= 0.3 is 5.97 Å². The fourth-order valence-electron chi connectivity index (χ4n) is 3.82. The van der Waals surface area contributed by atoms with Gasteiger partial charge in [-0.2, -0.15) is 0 Å². The number of nitrogens with one attached hydrogen (secondary N) is 1. The monoisotopic (exact) mass is 376 g/mol. The Morgan fingerprint density at radius 2 is 2.08 bits per heavy atom. The molecule has 0 unspecified atom stereocenters. The Morgan fingerprint density at radius 3 is 2.85 bits per heavy atom. The summed E-state index contributed by atoms with van der Waals surface area (Å²) < 4.78 is 4.95. The highest BCUT2D eigenvalue weighted by molar-refractivity contribution is 7.99. The minimum Gasteiger partial charge on any atom is -0.467 e. The number of hydrogen-bond donors (Lipinski definition) is 1. The van der Waals surface area contributed by atoms with Crippen molar-refractivity contribution in [1.82, 2.24) is 10.2 Å². The third-order valence-electron chi connectivity index (χ3n) is 5.19. The zero-order valence-electron chi connectivity index (χ0n) is 15.4. The third kappa shape index (κ3) is 4.60. The SMILES string of the molecule is COC(=O)[C@@H]1CCC[C@@H]2SCC[C@H](NCCCc3ccccc3)C(=O)N21. The van der Waals surface area contributed by atoms with E-state index in [0.717, 1.165) is 44.4 Å². The first-order valence-electron chi connectivity index (χ1n) is 9.49. The molecule has 2 aliphatic heterocycles. The number of carbonyl (C=O) groups is 2. The van der Waals surface area contributed by atoms with E-state index < -0.39 is 6.04 Å². The van der Waals surface area contributed by atoms with E-state index in [1.807, 2.05) is 11.0 Å². The van der Waals surface area contributed by atoms with Gasteiger partial charge in [-0.1, -0.05) is 30.3 Å². The highest BCUT2D eigenvalue weighted by atomic mass is 32.2. The van der Waals surface area contributed by atoms with Crippen molar-refractivity contribution in [2.75, 3.05) is 19.4 Å². The molecule has 3 rings (SSSR count). The van der Waals surface area contributed by atoms with E-state index in [1.54, 1.807) is 11.8 Å². The fourth-order valence-corrected chi connectivity index (χ4v) is 5.21. The Kier molecular flexibility index (Phi) is 6.97. The minimum absolute atomic E-state index is 0.0646. The van der Waals surface area contributed by atoms with Gasteiger partial charge in [-0.15, -0.1) is 11.8 Å². The normalized spacial score (nSPS) is 26.1. The maximum absolute atomic E-state index is 13.1. The first kappa shape index (κ1) is 19.2. The smallest absolute Gasteiger partial charge is 0.328 e. The van der Waals surface area contributed by atoms with Gasteiger partial charge in [0.2, 0.25) is 5.91 Å². The molecule has 26 heavy (non-hydrogen) atoms. The van der Waals surface area contributed by atoms with Gasteiger partial charge in [0.15, 0.2) is 0 Å². The van der Waals surface area contributed by atoms with Gasteiger partial charge in [0, 0.05) is 0 Å². The molecule has 0 aromatic heterocycles. The van der Waals surface area contributed by atoms with Gasteiger partial charge < -0.3 is 15.0 Å². The quantitative estimate of drug-likeness (QED) is 0.611. The molecule has 3 atom stereocenters. The summed E-state index contributed by atoms with van der Waals surface area (Å²) in [6.07, 6.45) is 5.44. The molecule has 0 saturated carbocycles. The van der Waals surface area contributed by atoms with Crippen LogP contribution >= 0.6 is 11.8 Å². The molecule has 2 aliphatic rings. The molecule has 142 valence electrons. The molecular formula is C20H28N2O3S. The lowest BCUT2D eigenvalue weighted by molar-refractivity contribution is -0.156. The van der Waals surface area contributed by atoms with Crippen LogP contribution in [0.1, 0.15) is 37.7 Å². The van der Waals surface area contributed by atoms with E-state index >= 15 is 0 Å². The summed E-state index contributed by atoms with van der Waals surface area (Å²) in [6, 6.07) is 9.77. The van der Waals surface area contributed by atoms with Crippen LogP contribution in [0.3, 0.4) is 0 Å². The first-order chi connectivity index (χ1) is 12.7. The predicted molar refractivity (Wildman–Crippen MR) is 104 cm³/mol. The molecule has 0 radical (unpaired) electrons. The van der Waals surface area contributed by atoms with Gasteiger partial charge in [0.1, 0.15) is 6.04 Å². The number of esters is 1. The van der Waals surface area contributed by atoms with Crippen LogP contribution < -0.4 is 5.32 Å². The largest absolute Gasteiger partial charge is 0.467 e. The maximum atomic E-state index is 13.1. The summed E-state index contributed by atoms with van der Waals surface area (Å²) in [4.78, 5) is 27.1. The van der Waals surface area contributed by atoms with Crippen LogP contribution in [-0.4, -0.2) is 53.6 Å². The minimum atomic E-state index is -0.425. The highest BCUT2D eigenvalue weighted by Gasteiger charge is 2.42. The zero-order chi connectivity index (χ0) is 18.4. The fraction of sp³-hybridized carbons (Fsp3) is 0.600. The Labute approximate surface area is 159 Å². The molecule has 1 N–H and O–H groups in total. The molecule has 1 amide bonds. The predicted octanol–water partition coefficient (Wildman–Crippen LogP) is 2.59. The molecule has 0 aliphatic carbocycles. The van der Waals surface area contributed by atoms with E-state index in [-0.39, 0.29) is 23.3 Å². The van der Waals surface area contributed by atoms with Crippen LogP contribution in [0.4, 0.5) is 0 Å². The molecule has 2 heterocycles. The number of carbonyl (C=O) groups excluding carboxylic acids is 2. The number of benzene rings is 1. The van der Waals surface area contributed by atoms with Crippen LogP contribution in [0.15, 0.2) is 30.3 Å². The van der Waals surface area contributed by atoms with Crippen LogP contribution in [0, 0.1) is 0 Å². The van der Waals surface area contributed by atoms with Gasteiger partial charge in [-0.25, -0.2) is 4.79 Å². The van der Waals surface area contributed by atoms with E-state index in [2.05, 4.69) is 29.6 Å². The number of aryl methyl sites for hydroxylation is 1. The van der Waals surface area contributed by atoms with E-state index in [9.17, 15) is 9.59 Å². The number of amides is 1. The van der Waals surface area contributed by atoms with Crippen LogP contribution in [0.25, 0.3) is 0 Å². The molecule has 2 fully saturated rings. The summed E-state index contributed by atoms with van der Waals surface area (Å²) in [5.41, 5.74) is 1.32. The third-order valence-corrected chi connectivity index (χ3v) is 6.51. The number of rotatable bonds is 6. The van der Waals surface area contributed by atoms with Gasteiger partial charge in [0.05, 0.1) is 18.5 Å². The van der Waals surface area contributed by atoms with Crippen LogP contribution in [-0.2, 0) is 20.7 Å². The average molecular weight is 377 g/mol. The van der Waals surface area contributed by atoms with Crippen molar-refractivity contribution < 1.29 is 14.3 Å². The van der Waals surface area contributed by atoms with Crippen LogP contribution in [0.5, 0.6) is 0 Å². The number of methoxy groups -OCH3 is 1. The maximum Gasteiger partial charge on any atom is 0.328 e. The molecule has 0 spiro atoms. The van der Waals surface area contributed by atoms with Gasteiger partial charge in [-0.3, -0.25) is 4.79 Å². The summed E-state index contributed by atoms with van der Waals surface area (Å²) in [6.45, 7) is 0.803. The number of piperidine rings is 1. The van der Waals surface area contributed by atoms with Crippen molar-refractivity contribution in [1.29, 1.82) is 0 Å². The topological polar surface area (TPSA) is 58.6 Å². The lowest BCUT2D eigenvalue weighted by Gasteiger charge is -2.40. The summed E-state index contributed by atoms with van der Waals surface area (Å²) in [5.74, 6) is 0.722. The molecular weight excluding hydrogens is 348 g/mol.